The van der Waals surface area contributed by atoms with Crippen LogP contribution in [0.3, 0.4) is 0 Å². The number of nitrogens with two attached hydrogens (primary N) is 1. The van der Waals surface area contributed by atoms with Gasteiger partial charge >= 0.3 is 0 Å². The van der Waals surface area contributed by atoms with E-state index in [1.54, 1.807) is 0 Å². The molecule has 1 aromatic rings. The SMILES string of the molecule is CS(=O)(=O)CC(Cc1ccc2c(c1)CCC2)NN. The van der Waals surface area contributed by atoms with E-state index in [4.69, 9.17) is 5.84 Å². The summed E-state index contributed by atoms with van der Waals surface area (Å²) in [6.07, 6.45) is 5.41. The van der Waals surface area contributed by atoms with Gasteiger partial charge in [0, 0.05) is 12.3 Å². The van der Waals surface area contributed by atoms with Crippen molar-refractivity contribution in [2.75, 3.05) is 12.0 Å². The van der Waals surface area contributed by atoms with E-state index in [9.17, 15) is 8.42 Å². The van der Waals surface area contributed by atoms with E-state index in [0.717, 1.165) is 18.4 Å². The third kappa shape index (κ3) is 3.54. The van der Waals surface area contributed by atoms with Crippen molar-refractivity contribution in [3.05, 3.63) is 34.9 Å². The third-order valence-corrected chi connectivity index (χ3v) is 4.39. The summed E-state index contributed by atoms with van der Waals surface area (Å²) in [6.45, 7) is 0. The van der Waals surface area contributed by atoms with Gasteiger partial charge in [-0.3, -0.25) is 11.3 Å². The molecule has 1 aliphatic rings. The summed E-state index contributed by atoms with van der Waals surface area (Å²) in [5.74, 6) is 5.50. The Hall–Kier alpha value is -0.910. The van der Waals surface area contributed by atoms with E-state index in [2.05, 4.69) is 23.6 Å². The first-order chi connectivity index (χ1) is 8.48. The first-order valence-electron chi connectivity index (χ1n) is 6.22. The molecule has 1 unspecified atom stereocenters. The Morgan fingerprint density at radius 2 is 2.06 bits per heavy atom. The zero-order valence-electron chi connectivity index (χ0n) is 10.6. The summed E-state index contributed by atoms with van der Waals surface area (Å²) in [4.78, 5) is 0. The van der Waals surface area contributed by atoms with Gasteiger partial charge in [-0.2, -0.15) is 0 Å². The van der Waals surface area contributed by atoms with Gasteiger partial charge in [-0.25, -0.2) is 8.42 Å². The predicted octanol–water partition coefficient (Wildman–Crippen LogP) is 0.594. The molecule has 0 saturated carbocycles. The van der Waals surface area contributed by atoms with Crippen LogP contribution in [0, 0.1) is 0 Å². The molecule has 0 aromatic heterocycles. The van der Waals surface area contributed by atoms with Crippen molar-refractivity contribution in [3.63, 3.8) is 0 Å². The Morgan fingerprint density at radius 1 is 1.33 bits per heavy atom. The van der Waals surface area contributed by atoms with Crippen LogP contribution in [-0.2, 0) is 29.1 Å². The fourth-order valence-corrected chi connectivity index (χ4v) is 3.51. The summed E-state index contributed by atoms with van der Waals surface area (Å²) in [7, 11) is -3.01. The molecule has 18 heavy (non-hydrogen) atoms. The Balaban J connectivity index is 2.08. The van der Waals surface area contributed by atoms with Crippen LogP contribution in [-0.4, -0.2) is 26.5 Å². The molecular weight excluding hydrogens is 248 g/mol. The highest BCUT2D eigenvalue weighted by Crippen LogP contribution is 2.23. The van der Waals surface area contributed by atoms with Crippen molar-refractivity contribution in [1.29, 1.82) is 0 Å². The molecule has 1 atom stereocenters. The molecule has 1 aliphatic carbocycles. The fourth-order valence-electron chi connectivity index (χ4n) is 2.57. The van der Waals surface area contributed by atoms with E-state index in [1.807, 2.05) is 0 Å². The maximum absolute atomic E-state index is 11.3. The zero-order valence-corrected chi connectivity index (χ0v) is 11.5. The van der Waals surface area contributed by atoms with Gasteiger partial charge in [0.1, 0.15) is 9.84 Å². The minimum Gasteiger partial charge on any atom is -0.271 e. The molecule has 0 fully saturated rings. The molecule has 0 bridgehead atoms. The van der Waals surface area contributed by atoms with Crippen LogP contribution in [0.5, 0.6) is 0 Å². The number of aryl methyl sites for hydroxylation is 2. The maximum Gasteiger partial charge on any atom is 0.149 e. The third-order valence-electron chi connectivity index (χ3n) is 3.38. The molecule has 2 rings (SSSR count). The van der Waals surface area contributed by atoms with Gasteiger partial charge < -0.3 is 0 Å². The normalized spacial score (nSPS) is 16.6. The van der Waals surface area contributed by atoms with Crippen LogP contribution >= 0.6 is 0 Å². The van der Waals surface area contributed by atoms with Crippen LogP contribution in [0.4, 0.5) is 0 Å². The second-order valence-electron chi connectivity index (χ2n) is 5.12. The molecule has 0 radical (unpaired) electrons. The number of hydrazine groups is 1. The van der Waals surface area contributed by atoms with Crippen LogP contribution < -0.4 is 11.3 Å². The Morgan fingerprint density at radius 3 is 2.72 bits per heavy atom. The highest BCUT2D eigenvalue weighted by Gasteiger charge is 2.16. The van der Waals surface area contributed by atoms with Crippen molar-refractivity contribution in [2.45, 2.75) is 31.7 Å². The van der Waals surface area contributed by atoms with Gasteiger partial charge in [0.25, 0.3) is 0 Å². The standard InChI is InChI=1S/C13H20N2O2S/c1-18(16,17)9-13(15-14)8-10-5-6-11-3-2-4-12(11)7-10/h5-7,13,15H,2-4,8-9,14H2,1H3. The van der Waals surface area contributed by atoms with Crippen LogP contribution in [0.15, 0.2) is 18.2 Å². The number of rotatable bonds is 5. The summed E-state index contributed by atoms with van der Waals surface area (Å²) in [5, 5.41) is 0. The minimum absolute atomic E-state index is 0.0700. The molecule has 3 N–H and O–H groups in total. The topological polar surface area (TPSA) is 72.2 Å². The maximum atomic E-state index is 11.3. The minimum atomic E-state index is -3.01. The lowest BCUT2D eigenvalue weighted by molar-refractivity contribution is 0.546. The van der Waals surface area contributed by atoms with Gasteiger partial charge in [-0.1, -0.05) is 18.2 Å². The molecule has 0 saturated heterocycles. The van der Waals surface area contributed by atoms with E-state index < -0.39 is 9.84 Å². The summed E-state index contributed by atoms with van der Waals surface area (Å²) in [6, 6.07) is 6.21. The molecule has 4 nitrogen and oxygen atoms in total. The van der Waals surface area contributed by atoms with Crippen molar-refractivity contribution in [2.24, 2.45) is 5.84 Å². The van der Waals surface area contributed by atoms with Crippen molar-refractivity contribution in [1.82, 2.24) is 5.43 Å². The molecule has 1 aromatic carbocycles. The lowest BCUT2D eigenvalue weighted by Gasteiger charge is -2.15. The number of benzene rings is 1. The summed E-state index contributed by atoms with van der Waals surface area (Å²) < 4.78 is 22.6. The highest BCUT2D eigenvalue weighted by atomic mass is 32.2. The van der Waals surface area contributed by atoms with E-state index in [1.165, 1.54) is 23.8 Å². The van der Waals surface area contributed by atoms with E-state index in [0.29, 0.717) is 6.42 Å². The van der Waals surface area contributed by atoms with Crippen molar-refractivity contribution in [3.8, 4) is 0 Å². The largest absolute Gasteiger partial charge is 0.271 e. The Kier molecular flexibility index (Phi) is 4.04. The lowest BCUT2D eigenvalue weighted by Crippen LogP contribution is -2.41. The van der Waals surface area contributed by atoms with Gasteiger partial charge in [0.15, 0.2) is 0 Å². The lowest BCUT2D eigenvalue weighted by atomic mass is 10.0. The number of sulfone groups is 1. The second-order valence-corrected chi connectivity index (χ2v) is 7.30. The second kappa shape index (κ2) is 5.38. The van der Waals surface area contributed by atoms with E-state index in [-0.39, 0.29) is 11.8 Å². The molecule has 100 valence electrons. The van der Waals surface area contributed by atoms with Gasteiger partial charge in [-0.05, 0) is 42.4 Å². The number of hydrogen-bond acceptors (Lipinski definition) is 4. The van der Waals surface area contributed by atoms with Gasteiger partial charge in [0.2, 0.25) is 0 Å². The Labute approximate surface area is 108 Å². The summed E-state index contributed by atoms with van der Waals surface area (Å²) in [5.41, 5.74) is 6.59. The van der Waals surface area contributed by atoms with Crippen molar-refractivity contribution < 1.29 is 8.42 Å². The molecule has 0 amide bonds. The molecule has 5 heteroatoms. The number of nitrogens with one attached hydrogen (secondary N) is 1. The number of fused-ring (bicyclic) bond motifs is 1. The van der Waals surface area contributed by atoms with Gasteiger partial charge in [-0.15, -0.1) is 0 Å². The van der Waals surface area contributed by atoms with Gasteiger partial charge in [0.05, 0.1) is 5.75 Å². The first-order valence-corrected chi connectivity index (χ1v) is 8.28. The average Bonchev–Trinajstić information content (AvgIpc) is 2.73. The Bertz CT molecular complexity index is 526. The van der Waals surface area contributed by atoms with Crippen LogP contribution in [0.2, 0.25) is 0 Å². The summed E-state index contributed by atoms with van der Waals surface area (Å²) >= 11 is 0. The quantitative estimate of drug-likeness (QED) is 0.606. The monoisotopic (exact) mass is 268 g/mol. The molecule has 0 heterocycles. The van der Waals surface area contributed by atoms with Crippen LogP contribution in [0.25, 0.3) is 0 Å². The highest BCUT2D eigenvalue weighted by molar-refractivity contribution is 7.90. The van der Waals surface area contributed by atoms with Crippen LogP contribution in [0.1, 0.15) is 23.1 Å². The average molecular weight is 268 g/mol. The number of hydrogen-bond donors (Lipinski definition) is 2. The smallest absolute Gasteiger partial charge is 0.149 e. The molecule has 0 spiro atoms. The molecule has 0 aliphatic heterocycles. The molecular formula is C13H20N2O2S. The zero-order chi connectivity index (χ0) is 13.2. The predicted molar refractivity (Wildman–Crippen MR) is 73.0 cm³/mol. The van der Waals surface area contributed by atoms with E-state index >= 15 is 0 Å². The fraction of sp³-hybridized carbons (Fsp3) is 0.538. The van der Waals surface area contributed by atoms with Crippen molar-refractivity contribution >= 4 is 9.84 Å². The first kappa shape index (κ1) is 13.5.